The average molecular weight is 348 g/mol. The number of hydrogen-bond donors (Lipinski definition) is 2. The molecular weight excluding hydrogens is 324 g/mol. The molecule has 0 aliphatic heterocycles. The maximum absolute atomic E-state index is 5.69. The van der Waals surface area contributed by atoms with Gasteiger partial charge in [-0.15, -0.1) is 11.3 Å². The van der Waals surface area contributed by atoms with Crippen molar-refractivity contribution in [3.63, 3.8) is 0 Å². The number of nitrogens with zero attached hydrogens (tertiary/aromatic N) is 2. The molecule has 24 heavy (non-hydrogen) atoms. The summed E-state index contributed by atoms with van der Waals surface area (Å²) in [6, 6.07) is 7.55. The average Bonchev–Trinajstić information content (AvgIpc) is 3.02. The molecule has 0 amide bonds. The molecule has 0 spiro atoms. The molecule has 1 aromatic carbocycles. The smallest absolute Gasteiger partial charge is 0.191 e. The number of nitrogens with one attached hydrogen (secondary N) is 2. The molecule has 130 valence electrons. The first-order valence-electron chi connectivity index (χ1n) is 7.91. The van der Waals surface area contributed by atoms with Gasteiger partial charge in [0.05, 0.1) is 31.4 Å². The second-order valence-electron chi connectivity index (χ2n) is 5.01. The zero-order valence-electron chi connectivity index (χ0n) is 14.3. The van der Waals surface area contributed by atoms with Gasteiger partial charge < -0.3 is 20.1 Å². The first-order chi connectivity index (χ1) is 11.7. The van der Waals surface area contributed by atoms with Gasteiger partial charge in [-0.25, -0.2) is 9.98 Å². The van der Waals surface area contributed by atoms with Crippen LogP contribution >= 0.6 is 11.3 Å². The molecule has 2 aromatic rings. The molecule has 0 saturated carbocycles. The van der Waals surface area contributed by atoms with E-state index in [0.717, 1.165) is 29.7 Å². The first-order valence-corrected chi connectivity index (χ1v) is 8.79. The van der Waals surface area contributed by atoms with Gasteiger partial charge in [-0.1, -0.05) is 0 Å². The SMILES string of the molecule is CCNC(=NCc1scnc1C)NCCOc1ccc(OC)cc1. The van der Waals surface area contributed by atoms with E-state index in [1.807, 2.05) is 43.6 Å². The minimum Gasteiger partial charge on any atom is -0.497 e. The summed E-state index contributed by atoms with van der Waals surface area (Å²) in [6.07, 6.45) is 0. The molecular formula is C17H24N4O2S. The van der Waals surface area contributed by atoms with E-state index in [4.69, 9.17) is 9.47 Å². The predicted octanol–water partition coefficient (Wildman–Crippen LogP) is 2.59. The van der Waals surface area contributed by atoms with Crippen LogP contribution in [-0.4, -0.2) is 37.7 Å². The Balaban J connectivity index is 1.77. The van der Waals surface area contributed by atoms with E-state index in [2.05, 4.69) is 20.6 Å². The van der Waals surface area contributed by atoms with E-state index >= 15 is 0 Å². The number of aliphatic imine (C=N–C) groups is 1. The van der Waals surface area contributed by atoms with Crippen molar-refractivity contribution in [2.24, 2.45) is 4.99 Å². The lowest BCUT2D eigenvalue weighted by molar-refractivity contribution is 0.321. The lowest BCUT2D eigenvalue weighted by Gasteiger charge is -2.12. The minimum atomic E-state index is 0.552. The summed E-state index contributed by atoms with van der Waals surface area (Å²) >= 11 is 1.63. The molecule has 7 heteroatoms. The Hall–Kier alpha value is -2.28. The van der Waals surface area contributed by atoms with Crippen LogP contribution in [0.3, 0.4) is 0 Å². The minimum absolute atomic E-state index is 0.552. The molecule has 6 nitrogen and oxygen atoms in total. The van der Waals surface area contributed by atoms with Crippen molar-refractivity contribution in [2.45, 2.75) is 20.4 Å². The molecule has 0 aliphatic carbocycles. The van der Waals surface area contributed by atoms with Crippen molar-refractivity contribution in [1.82, 2.24) is 15.6 Å². The van der Waals surface area contributed by atoms with E-state index in [1.54, 1.807) is 18.4 Å². The summed E-state index contributed by atoms with van der Waals surface area (Å²) in [4.78, 5) is 10.0. The summed E-state index contributed by atoms with van der Waals surface area (Å²) in [5.41, 5.74) is 2.89. The van der Waals surface area contributed by atoms with Crippen LogP contribution in [-0.2, 0) is 6.54 Å². The van der Waals surface area contributed by atoms with Crippen LogP contribution in [0.4, 0.5) is 0 Å². The van der Waals surface area contributed by atoms with Crippen molar-refractivity contribution in [1.29, 1.82) is 0 Å². The third kappa shape index (κ3) is 5.73. The van der Waals surface area contributed by atoms with E-state index in [0.29, 0.717) is 19.7 Å². The Bertz CT molecular complexity index is 640. The summed E-state index contributed by atoms with van der Waals surface area (Å²) in [5, 5.41) is 6.50. The Morgan fingerprint density at radius 2 is 1.96 bits per heavy atom. The molecule has 0 atom stereocenters. The molecule has 0 fully saturated rings. The lowest BCUT2D eigenvalue weighted by atomic mass is 10.3. The van der Waals surface area contributed by atoms with Crippen molar-refractivity contribution < 1.29 is 9.47 Å². The molecule has 0 unspecified atom stereocenters. The molecule has 2 N–H and O–H groups in total. The monoisotopic (exact) mass is 348 g/mol. The maximum atomic E-state index is 5.69. The number of hydrogen-bond acceptors (Lipinski definition) is 5. The zero-order valence-corrected chi connectivity index (χ0v) is 15.2. The van der Waals surface area contributed by atoms with Gasteiger partial charge in [0, 0.05) is 11.4 Å². The molecule has 0 saturated heterocycles. The number of methoxy groups -OCH3 is 1. The topological polar surface area (TPSA) is 67.8 Å². The summed E-state index contributed by atoms with van der Waals surface area (Å²) in [5.74, 6) is 2.42. The van der Waals surface area contributed by atoms with E-state index in [-0.39, 0.29) is 0 Å². The van der Waals surface area contributed by atoms with Crippen LogP contribution in [0.2, 0.25) is 0 Å². The largest absolute Gasteiger partial charge is 0.497 e. The summed E-state index contributed by atoms with van der Waals surface area (Å²) < 4.78 is 10.8. The van der Waals surface area contributed by atoms with Crippen molar-refractivity contribution in [3.8, 4) is 11.5 Å². The van der Waals surface area contributed by atoms with Gasteiger partial charge in [-0.3, -0.25) is 0 Å². The van der Waals surface area contributed by atoms with Gasteiger partial charge in [0.2, 0.25) is 0 Å². The summed E-state index contributed by atoms with van der Waals surface area (Å²) in [7, 11) is 1.65. The van der Waals surface area contributed by atoms with Crippen LogP contribution < -0.4 is 20.1 Å². The highest BCUT2D eigenvalue weighted by Crippen LogP contribution is 2.16. The van der Waals surface area contributed by atoms with E-state index in [1.165, 1.54) is 4.88 Å². The second kappa shape index (κ2) is 9.77. The number of rotatable bonds is 8. The molecule has 0 aliphatic rings. The third-order valence-corrected chi connectivity index (χ3v) is 4.21. The fourth-order valence-corrected chi connectivity index (χ4v) is 2.68. The Morgan fingerprint density at radius 3 is 2.58 bits per heavy atom. The molecule has 2 rings (SSSR count). The van der Waals surface area contributed by atoms with Gasteiger partial charge in [0.25, 0.3) is 0 Å². The number of thiazole rings is 1. The van der Waals surface area contributed by atoms with Gasteiger partial charge in [0.15, 0.2) is 5.96 Å². The molecule has 1 aromatic heterocycles. The molecule has 1 heterocycles. The van der Waals surface area contributed by atoms with Gasteiger partial charge >= 0.3 is 0 Å². The van der Waals surface area contributed by atoms with Gasteiger partial charge in [-0.05, 0) is 38.1 Å². The van der Waals surface area contributed by atoms with Gasteiger partial charge in [-0.2, -0.15) is 0 Å². The van der Waals surface area contributed by atoms with E-state index in [9.17, 15) is 0 Å². The zero-order chi connectivity index (χ0) is 17.2. The Kier molecular flexibility index (Phi) is 7.35. The van der Waals surface area contributed by atoms with Crippen molar-refractivity contribution in [3.05, 3.63) is 40.3 Å². The van der Waals surface area contributed by atoms with Crippen LogP contribution in [0, 0.1) is 6.92 Å². The molecule has 0 bridgehead atoms. The predicted molar refractivity (Wildman–Crippen MR) is 98.2 cm³/mol. The summed E-state index contributed by atoms with van der Waals surface area (Å²) in [6.45, 7) is 6.71. The third-order valence-electron chi connectivity index (χ3n) is 3.29. The highest BCUT2D eigenvalue weighted by molar-refractivity contribution is 7.09. The Morgan fingerprint density at radius 1 is 1.21 bits per heavy atom. The lowest BCUT2D eigenvalue weighted by Crippen LogP contribution is -2.39. The Labute approximate surface area is 146 Å². The highest BCUT2D eigenvalue weighted by Gasteiger charge is 2.02. The van der Waals surface area contributed by atoms with Crippen LogP contribution in [0.15, 0.2) is 34.8 Å². The normalized spacial score (nSPS) is 11.2. The molecule has 0 radical (unpaired) electrons. The first kappa shape index (κ1) is 18.1. The van der Waals surface area contributed by atoms with Crippen LogP contribution in [0.25, 0.3) is 0 Å². The number of guanidine groups is 1. The van der Waals surface area contributed by atoms with Gasteiger partial charge in [0.1, 0.15) is 18.1 Å². The highest BCUT2D eigenvalue weighted by atomic mass is 32.1. The van der Waals surface area contributed by atoms with Crippen molar-refractivity contribution >= 4 is 17.3 Å². The maximum Gasteiger partial charge on any atom is 0.191 e. The number of benzene rings is 1. The number of aryl methyl sites for hydroxylation is 1. The number of ether oxygens (including phenoxy) is 2. The second-order valence-corrected chi connectivity index (χ2v) is 5.95. The van der Waals surface area contributed by atoms with Crippen LogP contribution in [0.1, 0.15) is 17.5 Å². The van der Waals surface area contributed by atoms with E-state index < -0.39 is 0 Å². The quantitative estimate of drug-likeness (QED) is 0.436. The number of aromatic nitrogens is 1. The van der Waals surface area contributed by atoms with Crippen molar-refractivity contribution in [2.75, 3.05) is 26.8 Å². The van der Waals surface area contributed by atoms with Crippen LogP contribution in [0.5, 0.6) is 11.5 Å². The fourth-order valence-electron chi connectivity index (χ4n) is 1.98. The fraction of sp³-hybridized carbons (Fsp3) is 0.412. The standard InChI is InChI=1S/C17H24N4O2S/c1-4-18-17(20-11-16-13(2)21-12-24-16)19-9-10-23-15-7-5-14(22-3)6-8-15/h5-8,12H,4,9-11H2,1-3H3,(H2,18,19,20).